The van der Waals surface area contributed by atoms with Gasteiger partial charge in [-0.1, -0.05) is 12.1 Å². The maximum absolute atomic E-state index is 11.0. The predicted molar refractivity (Wildman–Crippen MR) is 82.1 cm³/mol. The van der Waals surface area contributed by atoms with Gasteiger partial charge in [-0.25, -0.2) is 0 Å². The van der Waals surface area contributed by atoms with Crippen LogP contribution < -0.4 is 5.32 Å². The van der Waals surface area contributed by atoms with Gasteiger partial charge in [-0.15, -0.1) is 11.3 Å². The molecule has 0 aliphatic heterocycles. The van der Waals surface area contributed by atoms with Crippen LogP contribution in [0, 0.1) is 24.0 Å². The molecule has 4 nitrogen and oxygen atoms in total. The topological polar surface area (TPSA) is 55.2 Å². The molecule has 0 fully saturated rings. The van der Waals surface area contributed by atoms with Crippen LogP contribution in [-0.4, -0.2) is 4.92 Å². The van der Waals surface area contributed by atoms with Gasteiger partial charge in [0.1, 0.15) is 0 Å². The summed E-state index contributed by atoms with van der Waals surface area (Å²) in [5.74, 6) is 0. The molecule has 1 aromatic carbocycles. The molecule has 0 radical (unpaired) electrons. The molecule has 2 rings (SSSR count). The van der Waals surface area contributed by atoms with Crippen molar-refractivity contribution in [2.45, 2.75) is 33.4 Å². The number of nitro groups is 1. The predicted octanol–water partition coefficient (Wildman–Crippen LogP) is 4.12. The Balaban J connectivity index is 2.07. The van der Waals surface area contributed by atoms with Gasteiger partial charge in [0.05, 0.1) is 4.92 Å². The largest absolute Gasteiger partial charge is 0.305 e. The summed E-state index contributed by atoms with van der Waals surface area (Å²) in [6.45, 7) is 6.64. The number of rotatable bonds is 5. The molecule has 0 saturated carbocycles. The van der Waals surface area contributed by atoms with Crippen molar-refractivity contribution in [3.8, 4) is 0 Å². The van der Waals surface area contributed by atoms with Crippen molar-refractivity contribution in [2.24, 2.45) is 0 Å². The van der Waals surface area contributed by atoms with Gasteiger partial charge in [0.15, 0.2) is 0 Å². The van der Waals surface area contributed by atoms with Gasteiger partial charge in [-0.05, 0) is 38.5 Å². The van der Waals surface area contributed by atoms with Crippen LogP contribution in [0.15, 0.2) is 30.3 Å². The summed E-state index contributed by atoms with van der Waals surface area (Å²) < 4.78 is 0. The summed E-state index contributed by atoms with van der Waals surface area (Å²) in [5.41, 5.74) is 1.82. The average molecular weight is 290 g/mol. The molecular weight excluding hydrogens is 272 g/mol. The monoisotopic (exact) mass is 290 g/mol. The van der Waals surface area contributed by atoms with Crippen LogP contribution in [0.5, 0.6) is 0 Å². The third-order valence-corrected chi connectivity index (χ3v) is 4.31. The Morgan fingerprint density at radius 2 is 2.05 bits per heavy atom. The van der Waals surface area contributed by atoms with Crippen molar-refractivity contribution in [3.05, 3.63) is 61.3 Å². The molecule has 1 N–H and O–H groups in total. The van der Waals surface area contributed by atoms with E-state index in [1.807, 2.05) is 13.0 Å². The van der Waals surface area contributed by atoms with Gasteiger partial charge >= 0.3 is 0 Å². The standard InChI is InChI=1S/C15H18N2O2S/c1-10-4-6-13(8-15(10)17(18)19)12(3)16-9-14-7-5-11(2)20-14/h4-8,12,16H,9H2,1-3H3. The summed E-state index contributed by atoms with van der Waals surface area (Å²) in [6, 6.07) is 9.70. The minimum atomic E-state index is -0.325. The van der Waals surface area contributed by atoms with Gasteiger partial charge in [0.25, 0.3) is 5.69 Å². The van der Waals surface area contributed by atoms with E-state index >= 15 is 0 Å². The van der Waals surface area contributed by atoms with E-state index in [1.165, 1.54) is 9.75 Å². The van der Waals surface area contributed by atoms with Crippen LogP contribution in [0.2, 0.25) is 0 Å². The minimum Gasteiger partial charge on any atom is -0.305 e. The lowest BCUT2D eigenvalue weighted by Crippen LogP contribution is -2.17. The van der Waals surface area contributed by atoms with Crippen molar-refractivity contribution < 1.29 is 4.92 Å². The molecule has 2 aromatic rings. The number of benzene rings is 1. The first-order valence-corrected chi connectivity index (χ1v) is 7.32. The fourth-order valence-corrected chi connectivity index (χ4v) is 2.89. The first-order valence-electron chi connectivity index (χ1n) is 6.51. The number of hydrogen-bond acceptors (Lipinski definition) is 4. The Morgan fingerprint density at radius 1 is 1.30 bits per heavy atom. The minimum absolute atomic E-state index is 0.0803. The summed E-state index contributed by atoms with van der Waals surface area (Å²) >= 11 is 1.76. The van der Waals surface area contributed by atoms with E-state index in [0.29, 0.717) is 5.56 Å². The SMILES string of the molecule is Cc1ccc(CNC(C)c2ccc(C)c([N+](=O)[O-])c2)s1. The zero-order valence-electron chi connectivity index (χ0n) is 11.8. The molecule has 20 heavy (non-hydrogen) atoms. The van der Waals surface area contributed by atoms with Crippen molar-refractivity contribution in [1.29, 1.82) is 0 Å². The van der Waals surface area contributed by atoms with Gasteiger partial charge in [0.2, 0.25) is 0 Å². The Bertz CT molecular complexity index is 622. The summed E-state index contributed by atoms with van der Waals surface area (Å²) in [4.78, 5) is 13.2. The highest BCUT2D eigenvalue weighted by Crippen LogP contribution is 2.24. The Labute approximate surface area is 122 Å². The van der Waals surface area contributed by atoms with Crippen molar-refractivity contribution in [1.82, 2.24) is 5.32 Å². The second-order valence-corrected chi connectivity index (χ2v) is 6.29. The van der Waals surface area contributed by atoms with Crippen LogP contribution in [0.4, 0.5) is 5.69 Å². The van der Waals surface area contributed by atoms with Crippen LogP contribution in [-0.2, 0) is 6.54 Å². The summed E-state index contributed by atoms with van der Waals surface area (Å²) in [5, 5.41) is 14.4. The first-order chi connectivity index (χ1) is 9.47. The maximum Gasteiger partial charge on any atom is 0.272 e. The molecule has 5 heteroatoms. The van der Waals surface area contributed by atoms with Gasteiger partial charge in [-0.3, -0.25) is 10.1 Å². The molecule has 1 heterocycles. The summed E-state index contributed by atoms with van der Waals surface area (Å²) in [6.07, 6.45) is 0. The summed E-state index contributed by atoms with van der Waals surface area (Å²) in [7, 11) is 0. The fraction of sp³-hybridized carbons (Fsp3) is 0.333. The molecule has 0 amide bonds. The molecular formula is C15H18N2O2S. The molecule has 0 spiro atoms. The molecule has 1 atom stereocenters. The number of nitro benzene ring substituents is 1. The Kier molecular flexibility index (Phi) is 4.52. The van der Waals surface area contributed by atoms with Gasteiger partial charge in [-0.2, -0.15) is 0 Å². The van der Waals surface area contributed by atoms with E-state index in [2.05, 4.69) is 24.4 Å². The molecule has 106 valence electrons. The second-order valence-electron chi connectivity index (χ2n) is 4.92. The fourth-order valence-electron chi connectivity index (χ4n) is 2.04. The van der Waals surface area contributed by atoms with Crippen LogP contribution in [0.25, 0.3) is 0 Å². The highest BCUT2D eigenvalue weighted by Gasteiger charge is 2.14. The van der Waals surface area contributed by atoms with E-state index in [4.69, 9.17) is 0 Å². The van der Waals surface area contributed by atoms with Crippen LogP contribution in [0.3, 0.4) is 0 Å². The third-order valence-electron chi connectivity index (χ3n) is 3.31. The van der Waals surface area contributed by atoms with E-state index in [9.17, 15) is 10.1 Å². The van der Waals surface area contributed by atoms with E-state index in [0.717, 1.165) is 12.1 Å². The lowest BCUT2D eigenvalue weighted by Gasteiger charge is -2.14. The number of hydrogen-bond donors (Lipinski definition) is 1. The normalized spacial score (nSPS) is 12.3. The van der Waals surface area contributed by atoms with E-state index in [1.54, 1.807) is 30.4 Å². The smallest absolute Gasteiger partial charge is 0.272 e. The van der Waals surface area contributed by atoms with E-state index < -0.39 is 0 Å². The number of thiophene rings is 1. The molecule has 0 bridgehead atoms. The van der Waals surface area contributed by atoms with Crippen molar-refractivity contribution in [3.63, 3.8) is 0 Å². The third kappa shape index (κ3) is 3.43. The molecule has 0 aliphatic carbocycles. The molecule has 0 aliphatic rings. The number of nitrogens with zero attached hydrogens (tertiary/aromatic N) is 1. The Hall–Kier alpha value is -1.72. The zero-order chi connectivity index (χ0) is 14.7. The lowest BCUT2D eigenvalue weighted by atomic mass is 10.0. The van der Waals surface area contributed by atoms with Gasteiger partial charge in [0, 0.05) is 34.0 Å². The van der Waals surface area contributed by atoms with Gasteiger partial charge < -0.3 is 5.32 Å². The van der Waals surface area contributed by atoms with Crippen LogP contribution in [0.1, 0.15) is 33.8 Å². The van der Waals surface area contributed by atoms with Crippen molar-refractivity contribution in [2.75, 3.05) is 0 Å². The zero-order valence-corrected chi connectivity index (χ0v) is 12.7. The molecule has 0 saturated heterocycles. The maximum atomic E-state index is 11.0. The quantitative estimate of drug-likeness (QED) is 0.665. The second kappa shape index (κ2) is 6.15. The average Bonchev–Trinajstić information content (AvgIpc) is 2.82. The number of nitrogens with one attached hydrogen (secondary N) is 1. The Morgan fingerprint density at radius 3 is 2.65 bits per heavy atom. The van der Waals surface area contributed by atoms with Crippen LogP contribution >= 0.6 is 11.3 Å². The highest BCUT2D eigenvalue weighted by molar-refractivity contribution is 7.11. The first kappa shape index (κ1) is 14.7. The molecule has 1 unspecified atom stereocenters. The highest BCUT2D eigenvalue weighted by atomic mass is 32.1. The lowest BCUT2D eigenvalue weighted by molar-refractivity contribution is -0.385. The number of aryl methyl sites for hydroxylation is 2. The van der Waals surface area contributed by atoms with Crippen molar-refractivity contribution >= 4 is 17.0 Å². The van der Waals surface area contributed by atoms with E-state index in [-0.39, 0.29) is 16.7 Å². The molecule has 1 aromatic heterocycles.